The third-order valence-electron chi connectivity index (χ3n) is 2.82. The van der Waals surface area contributed by atoms with E-state index in [4.69, 9.17) is 4.52 Å². The second-order valence-electron chi connectivity index (χ2n) is 4.31. The number of pyridine rings is 1. The lowest BCUT2D eigenvalue weighted by atomic mass is 10.2. The van der Waals surface area contributed by atoms with Crippen molar-refractivity contribution < 1.29 is 14.1 Å². The van der Waals surface area contributed by atoms with Crippen LogP contribution < -0.4 is 10.9 Å². The summed E-state index contributed by atoms with van der Waals surface area (Å²) in [7, 11) is 0. The van der Waals surface area contributed by atoms with Crippen molar-refractivity contribution in [1.82, 2.24) is 26.0 Å². The fourth-order valence-electron chi connectivity index (χ4n) is 1.74. The van der Waals surface area contributed by atoms with Crippen molar-refractivity contribution in [2.75, 3.05) is 0 Å². The molecular weight excluding hydrogens is 286 g/mol. The SMILES string of the molecule is O=C(NNC(=O)c1ccc[nH]1)c1cc(-c2cccnc2)on1. The van der Waals surface area contributed by atoms with Crippen LogP contribution in [0.4, 0.5) is 0 Å². The molecule has 3 aromatic heterocycles. The van der Waals surface area contributed by atoms with Crippen LogP contribution in [0.5, 0.6) is 0 Å². The molecule has 0 fully saturated rings. The van der Waals surface area contributed by atoms with Gasteiger partial charge < -0.3 is 9.51 Å². The van der Waals surface area contributed by atoms with E-state index in [2.05, 4.69) is 26.0 Å². The minimum absolute atomic E-state index is 0.0469. The molecule has 3 N–H and O–H groups in total. The van der Waals surface area contributed by atoms with E-state index in [-0.39, 0.29) is 5.69 Å². The summed E-state index contributed by atoms with van der Waals surface area (Å²) in [5.41, 5.74) is 5.60. The number of hydrogen-bond donors (Lipinski definition) is 3. The number of aromatic nitrogens is 3. The molecule has 3 heterocycles. The zero-order valence-corrected chi connectivity index (χ0v) is 11.2. The molecule has 0 atom stereocenters. The Morgan fingerprint density at radius 2 is 2.00 bits per heavy atom. The highest BCUT2D eigenvalue weighted by atomic mass is 16.5. The maximum absolute atomic E-state index is 11.9. The van der Waals surface area contributed by atoms with E-state index < -0.39 is 11.8 Å². The molecule has 110 valence electrons. The molecule has 0 radical (unpaired) electrons. The zero-order chi connectivity index (χ0) is 15.4. The van der Waals surface area contributed by atoms with Gasteiger partial charge in [-0.15, -0.1) is 0 Å². The Labute approximate surface area is 124 Å². The maximum Gasteiger partial charge on any atom is 0.291 e. The summed E-state index contributed by atoms with van der Waals surface area (Å²) in [5.74, 6) is -0.637. The average Bonchev–Trinajstić information content (AvgIpc) is 3.24. The van der Waals surface area contributed by atoms with Crippen LogP contribution in [0.1, 0.15) is 21.0 Å². The van der Waals surface area contributed by atoms with Crippen LogP contribution in [0.25, 0.3) is 11.3 Å². The zero-order valence-electron chi connectivity index (χ0n) is 11.2. The first kappa shape index (κ1) is 13.6. The van der Waals surface area contributed by atoms with Crippen molar-refractivity contribution in [3.05, 3.63) is 60.3 Å². The Bertz CT molecular complexity index is 780. The summed E-state index contributed by atoms with van der Waals surface area (Å²) in [4.78, 5) is 30.2. The summed E-state index contributed by atoms with van der Waals surface area (Å²) < 4.78 is 5.08. The van der Waals surface area contributed by atoms with Gasteiger partial charge in [-0.3, -0.25) is 25.4 Å². The predicted octanol–water partition coefficient (Wildman–Crippen LogP) is 1.14. The van der Waals surface area contributed by atoms with Crippen LogP contribution in [-0.2, 0) is 0 Å². The lowest BCUT2D eigenvalue weighted by molar-refractivity contribution is 0.0839. The van der Waals surface area contributed by atoms with Crippen molar-refractivity contribution in [1.29, 1.82) is 0 Å². The van der Waals surface area contributed by atoms with E-state index in [0.29, 0.717) is 17.0 Å². The highest BCUT2D eigenvalue weighted by Crippen LogP contribution is 2.18. The van der Waals surface area contributed by atoms with Gasteiger partial charge in [0.15, 0.2) is 11.5 Å². The summed E-state index contributed by atoms with van der Waals surface area (Å²) >= 11 is 0. The fraction of sp³-hybridized carbons (Fsp3) is 0. The molecule has 8 heteroatoms. The molecule has 0 aromatic carbocycles. The Kier molecular flexibility index (Phi) is 3.65. The molecule has 3 rings (SSSR count). The number of carbonyl (C=O) groups is 2. The van der Waals surface area contributed by atoms with Crippen LogP contribution in [-0.4, -0.2) is 26.9 Å². The molecule has 0 aliphatic rings. The largest absolute Gasteiger partial charge is 0.357 e. The molecule has 2 amide bonds. The minimum Gasteiger partial charge on any atom is -0.357 e. The monoisotopic (exact) mass is 297 g/mol. The number of hydrogen-bond acceptors (Lipinski definition) is 5. The van der Waals surface area contributed by atoms with Gasteiger partial charge in [-0.1, -0.05) is 5.16 Å². The van der Waals surface area contributed by atoms with Gasteiger partial charge in [0.2, 0.25) is 0 Å². The van der Waals surface area contributed by atoms with E-state index in [9.17, 15) is 9.59 Å². The molecule has 0 saturated carbocycles. The summed E-state index contributed by atoms with van der Waals surface area (Å²) in [6.45, 7) is 0. The number of carbonyl (C=O) groups excluding carboxylic acids is 2. The molecule has 0 bridgehead atoms. The number of H-pyrrole nitrogens is 1. The normalized spacial score (nSPS) is 10.2. The number of aromatic amines is 1. The minimum atomic E-state index is -0.584. The van der Waals surface area contributed by atoms with Gasteiger partial charge in [0, 0.05) is 30.2 Å². The van der Waals surface area contributed by atoms with Gasteiger partial charge in [0.05, 0.1) is 0 Å². The highest BCUT2D eigenvalue weighted by molar-refractivity contribution is 5.97. The highest BCUT2D eigenvalue weighted by Gasteiger charge is 2.15. The first-order valence-electron chi connectivity index (χ1n) is 6.35. The van der Waals surface area contributed by atoms with E-state index in [1.807, 2.05) is 0 Å². The topological polar surface area (TPSA) is 113 Å². The van der Waals surface area contributed by atoms with Gasteiger partial charge in [-0.25, -0.2) is 0 Å². The van der Waals surface area contributed by atoms with E-state index in [1.54, 1.807) is 42.9 Å². The average molecular weight is 297 g/mol. The lowest BCUT2D eigenvalue weighted by Crippen LogP contribution is -2.41. The molecule has 22 heavy (non-hydrogen) atoms. The molecule has 0 aliphatic heterocycles. The third-order valence-corrected chi connectivity index (χ3v) is 2.82. The second kappa shape index (κ2) is 5.92. The van der Waals surface area contributed by atoms with Crippen molar-refractivity contribution in [3.8, 4) is 11.3 Å². The van der Waals surface area contributed by atoms with Gasteiger partial charge in [-0.2, -0.15) is 0 Å². The third kappa shape index (κ3) is 2.85. The van der Waals surface area contributed by atoms with Crippen molar-refractivity contribution >= 4 is 11.8 Å². The van der Waals surface area contributed by atoms with Gasteiger partial charge in [0.25, 0.3) is 11.8 Å². The first-order chi connectivity index (χ1) is 10.7. The molecule has 0 aliphatic carbocycles. The molecule has 0 saturated heterocycles. The first-order valence-corrected chi connectivity index (χ1v) is 6.35. The van der Waals surface area contributed by atoms with Crippen LogP contribution in [0.2, 0.25) is 0 Å². The van der Waals surface area contributed by atoms with Gasteiger partial charge in [-0.05, 0) is 24.3 Å². The van der Waals surface area contributed by atoms with Crippen molar-refractivity contribution in [3.63, 3.8) is 0 Å². The van der Waals surface area contributed by atoms with E-state index in [0.717, 1.165) is 0 Å². The molecule has 3 aromatic rings. The van der Waals surface area contributed by atoms with Crippen LogP contribution >= 0.6 is 0 Å². The maximum atomic E-state index is 11.9. The Hall–Kier alpha value is -3.42. The van der Waals surface area contributed by atoms with Crippen molar-refractivity contribution in [2.45, 2.75) is 0 Å². The van der Waals surface area contributed by atoms with Crippen molar-refractivity contribution in [2.24, 2.45) is 0 Å². The van der Waals surface area contributed by atoms with E-state index in [1.165, 1.54) is 6.07 Å². The second-order valence-corrected chi connectivity index (χ2v) is 4.31. The Morgan fingerprint density at radius 3 is 2.73 bits per heavy atom. The number of hydrazine groups is 1. The number of nitrogens with one attached hydrogen (secondary N) is 3. The van der Waals surface area contributed by atoms with Crippen LogP contribution in [0.3, 0.4) is 0 Å². The summed E-state index contributed by atoms with van der Waals surface area (Å²) in [5, 5.41) is 3.66. The standard InChI is InChI=1S/C14H11N5O3/c20-13(10-4-2-6-16-10)17-18-14(21)11-7-12(22-19-11)9-3-1-5-15-8-9/h1-8,16H,(H,17,20)(H,18,21). The lowest BCUT2D eigenvalue weighted by Gasteiger charge is -2.03. The van der Waals surface area contributed by atoms with Gasteiger partial charge in [0.1, 0.15) is 5.69 Å². The summed E-state index contributed by atoms with van der Waals surface area (Å²) in [6, 6.07) is 8.25. The predicted molar refractivity (Wildman–Crippen MR) is 75.5 cm³/mol. The molecular formula is C14H11N5O3. The summed E-state index contributed by atoms with van der Waals surface area (Å²) in [6.07, 6.45) is 4.83. The Morgan fingerprint density at radius 1 is 1.14 bits per heavy atom. The molecule has 8 nitrogen and oxygen atoms in total. The molecule has 0 unspecified atom stereocenters. The van der Waals surface area contributed by atoms with E-state index >= 15 is 0 Å². The quantitative estimate of drug-likeness (QED) is 0.627. The van der Waals surface area contributed by atoms with Crippen LogP contribution in [0, 0.1) is 0 Å². The number of rotatable bonds is 3. The fourth-order valence-corrected chi connectivity index (χ4v) is 1.74. The van der Waals surface area contributed by atoms with Crippen LogP contribution in [0.15, 0.2) is 53.4 Å². The van der Waals surface area contributed by atoms with Gasteiger partial charge >= 0.3 is 0 Å². The Balaban J connectivity index is 1.64. The smallest absolute Gasteiger partial charge is 0.291 e. The number of amides is 2. The number of nitrogens with zero attached hydrogens (tertiary/aromatic N) is 2. The molecule has 0 spiro atoms.